The fourth-order valence-electron chi connectivity index (χ4n) is 3.33. The van der Waals surface area contributed by atoms with Crippen LogP contribution in [0.2, 0.25) is 0 Å². The van der Waals surface area contributed by atoms with Gasteiger partial charge < -0.3 is 4.90 Å². The van der Waals surface area contributed by atoms with Crippen molar-refractivity contribution in [2.75, 3.05) is 26.2 Å². The summed E-state index contributed by atoms with van der Waals surface area (Å²) in [5.74, 6) is -0.0245. The zero-order valence-corrected chi connectivity index (χ0v) is 13.2. The number of amides is 1. The maximum atomic E-state index is 12.5. The van der Waals surface area contributed by atoms with E-state index in [9.17, 15) is 13.2 Å². The number of rotatable bonds is 5. The molecule has 6 heteroatoms. The smallest absolute Gasteiger partial charge is 0.227 e. The normalized spacial score (nSPS) is 25.5. The van der Waals surface area contributed by atoms with Crippen LogP contribution < -0.4 is 0 Å². The summed E-state index contributed by atoms with van der Waals surface area (Å²) in [5.41, 5.74) is 0.777. The summed E-state index contributed by atoms with van der Waals surface area (Å²) in [6, 6.07) is 9.15. The van der Waals surface area contributed by atoms with E-state index in [0.29, 0.717) is 26.2 Å². The molecule has 1 amide bonds. The standard InChI is InChI=1S/C16H20N2O3S/c1-2-8-17-9-14-10-18(11-15(14)16(17)19)22(20,21)12-13-6-4-3-5-7-13/h2-7,14-15H,1,8-12H2/t14-,15-/m1/s1. The minimum absolute atomic E-state index is 0.00214. The highest BCUT2D eigenvalue weighted by molar-refractivity contribution is 7.88. The van der Waals surface area contributed by atoms with Gasteiger partial charge in [0.15, 0.2) is 0 Å². The molecular weight excluding hydrogens is 300 g/mol. The van der Waals surface area contributed by atoms with Crippen LogP contribution in [0.5, 0.6) is 0 Å². The summed E-state index contributed by atoms with van der Waals surface area (Å²) in [6.07, 6.45) is 1.71. The first-order chi connectivity index (χ1) is 10.5. The predicted octanol–water partition coefficient (Wildman–Crippen LogP) is 1.09. The summed E-state index contributed by atoms with van der Waals surface area (Å²) >= 11 is 0. The van der Waals surface area contributed by atoms with Crippen LogP contribution in [-0.2, 0) is 20.6 Å². The summed E-state index contributed by atoms with van der Waals surface area (Å²) in [6.45, 7) is 5.58. The molecule has 0 aromatic heterocycles. The van der Waals surface area contributed by atoms with Gasteiger partial charge in [0, 0.05) is 32.1 Å². The number of sulfonamides is 1. The molecule has 0 N–H and O–H groups in total. The summed E-state index contributed by atoms with van der Waals surface area (Å²) in [4.78, 5) is 14.0. The van der Waals surface area contributed by atoms with Gasteiger partial charge in [0.25, 0.3) is 0 Å². The molecule has 2 atom stereocenters. The molecule has 1 aromatic carbocycles. The number of likely N-dealkylation sites (tertiary alicyclic amines) is 1. The molecule has 118 valence electrons. The van der Waals surface area contributed by atoms with Crippen molar-refractivity contribution in [1.82, 2.24) is 9.21 Å². The van der Waals surface area contributed by atoms with Crippen molar-refractivity contribution < 1.29 is 13.2 Å². The number of fused-ring (bicyclic) bond motifs is 1. The molecule has 0 saturated carbocycles. The highest BCUT2D eigenvalue weighted by Gasteiger charge is 2.48. The third kappa shape index (κ3) is 2.80. The molecule has 2 saturated heterocycles. The Bertz CT molecular complexity index is 672. The Labute approximate surface area is 131 Å². The summed E-state index contributed by atoms with van der Waals surface area (Å²) < 4.78 is 26.5. The first kappa shape index (κ1) is 15.2. The molecule has 0 bridgehead atoms. The molecule has 2 heterocycles. The SMILES string of the molecule is C=CCN1C[C@@H]2CN(S(=O)(=O)Cc3ccccc3)C[C@H]2C1=O. The third-order valence-corrected chi connectivity index (χ3v) is 6.21. The quantitative estimate of drug-likeness (QED) is 0.763. The van der Waals surface area contributed by atoms with Gasteiger partial charge in [0.05, 0.1) is 11.7 Å². The molecular formula is C16H20N2O3S. The van der Waals surface area contributed by atoms with E-state index in [1.807, 2.05) is 30.3 Å². The van der Waals surface area contributed by atoms with Gasteiger partial charge in [-0.25, -0.2) is 12.7 Å². The lowest BCUT2D eigenvalue weighted by Crippen LogP contribution is -2.36. The van der Waals surface area contributed by atoms with E-state index in [1.54, 1.807) is 11.0 Å². The summed E-state index contributed by atoms with van der Waals surface area (Å²) in [5, 5.41) is 0. The van der Waals surface area contributed by atoms with Crippen LogP contribution in [0.25, 0.3) is 0 Å². The van der Waals surface area contributed by atoms with Crippen molar-refractivity contribution in [3.63, 3.8) is 0 Å². The van der Waals surface area contributed by atoms with Crippen molar-refractivity contribution in [3.8, 4) is 0 Å². The van der Waals surface area contributed by atoms with Gasteiger partial charge in [-0.05, 0) is 5.56 Å². The molecule has 22 heavy (non-hydrogen) atoms. The molecule has 2 fully saturated rings. The Hall–Kier alpha value is -1.66. The highest BCUT2D eigenvalue weighted by atomic mass is 32.2. The van der Waals surface area contributed by atoms with Gasteiger partial charge in [0.2, 0.25) is 15.9 Å². The Morgan fingerprint density at radius 3 is 2.55 bits per heavy atom. The van der Waals surface area contributed by atoms with Gasteiger partial charge in [-0.15, -0.1) is 6.58 Å². The molecule has 1 aromatic rings. The third-order valence-electron chi connectivity index (χ3n) is 4.43. The molecule has 2 aliphatic heterocycles. The van der Waals surface area contributed by atoms with Crippen LogP contribution in [0.3, 0.4) is 0 Å². The lowest BCUT2D eigenvalue weighted by molar-refractivity contribution is -0.130. The van der Waals surface area contributed by atoms with E-state index in [2.05, 4.69) is 6.58 Å². The molecule has 2 aliphatic rings. The second kappa shape index (κ2) is 5.85. The van der Waals surface area contributed by atoms with Crippen molar-refractivity contribution in [2.24, 2.45) is 11.8 Å². The number of hydrogen-bond donors (Lipinski definition) is 0. The highest BCUT2D eigenvalue weighted by Crippen LogP contribution is 2.34. The maximum absolute atomic E-state index is 12.5. The Morgan fingerprint density at radius 1 is 1.18 bits per heavy atom. The van der Waals surface area contributed by atoms with Gasteiger partial charge in [-0.2, -0.15) is 0 Å². The second-order valence-electron chi connectivity index (χ2n) is 5.96. The fraction of sp³-hybridized carbons (Fsp3) is 0.438. The predicted molar refractivity (Wildman–Crippen MR) is 84.4 cm³/mol. The first-order valence-corrected chi connectivity index (χ1v) is 9.03. The summed E-state index contributed by atoms with van der Waals surface area (Å²) in [7, 11) is -3.37. The van der Waals surface area contributed by atoms with Crippen molar-refractivity contribution >= 4 is 15.9 Å². The van der Waals surface area contributed by atoms with E-state index >= 15 is 0 Å². The zero-order valence-electron chi connectivity index (χ0n) is 12.4. The van der Waals surface area contributed by atoms with Crippen molar-refractivity contribution in [1.29, 1.82) is 0 Å². The van der Waals surface area contributed by atoms with E-state index in [-0.39, 0.29) is 23.5 Å². The number of hydrogen-bond acceptors (Lipinski definition) is 3. The van der Waals surface area contributed by atoms with E-state index in [4.69, 9.17) is 0 Å². The van der Waals surface area contributed by atoms with Gasteiger partial charge >= 0.3 is 0 Å². The van der Waals surface area contributed by atoms with Crippen LogP contribution in [0, 0.1) is 11.8 Å². The topological polar surface area (TPSA) is 57.7 Å². The van der Waals surface area contributed by atoms with E-state index in [0.717, 1.165) is 5.56 Å². The van der Waals surface area contributed by atoms with Crippen LogP contribution in [0.1, 0.15) is 5.56 Å². The molecule has 0 aliphatic carbocycles. The molecule has 5 nitrogen and oxygen atoms in total. The lowest BCUT2D eigenvalue weighted by atomic mass is 10.0. The van der Waals surface area contributed by atoms with Crippen LogP contribution >= 0.6 is 0 Å². The van der Waals surface area contributed by atoms with Crippen LogP contribution in [-0.4, -0.2) is 49.7 Å². The van der Waals surface area contributed by atoms with Gasteiger partial charge in [-0.1, -0.05) is 36.4 Å². The monoisotopic (exact) mass is 320 g/mol. The fourth-order valence-corrected chi connectivity index (χ4v) is 4.93. The molecule has 0 unspecified atom stereocenters. The Kier molecular flexibility index (Phi) is 4.06. The second-order valence-corrected chi connectivity index (χ2v) is 7.93. The van der Waals surface area contributed by atoms with Crippen molar-refractivity contribution in [3.05, 3.63) is 48.6 Å². The van der Waals surface area contributed by atoms with Crippen LogP contribution in [0.4, 0.5) is 0 Å². The number of carbonyl (C=O) groups is 1. The van der Waals surface area contributed by atoms with Crippen molar-refractivity contribution in [2.45, 2.75) is 5.75 Å². The molecule has 0 radical (unpaired) electrons. The number of nitrogens with zero attached hydrogens (tertiary/aromatic N) is 2. The van der Waals surface area contributed by atoms with E-state index in [1.165, 1.54) is 4.31 Å². The average Bonchev–Trinajstić information content (AvgIpc) is 3.02. The Morgan fingerprint density at radius 2 is 1.91 bits per heavy atom. The molecule has 3 rings (SSSR count). The first-order valence-electron chi connectivity index (χ1n) is 7.42. The largest absolute Gasteiger partial charge is 0.338 e. The minimum Gasteiger partial charge on any atom is -0.338 e. The zero-order chi connectivity index (χ0) is 15.7. The maximum Gasteiger partial charge on any atom is 0.227 e. The van der Waals surface area contributed by atoms with E-state index < -0.39 is 10.0 Å². The van der Waals surface area contributed by atoms with Crippen LogP contribution in [0.15, 0.2) is 43.0 Å². The lowest BCUT2D eigenvalue weighted by Gasteiger charge is -2.20. The number of carbonyl (C=O) groups excluding carboxylic acids is 1. The minimum atomic E-state index is -3.37. The van der Waals surface area contributed by atoms with Gasteiger partial charge in [-0.3, -0.25) is 4.79 Å². The molecule has 0 spiro atoms. The number of benzene rings is 1. The average molecular weight is 320 g/mol. The van der Waals surface area contributed by atoms with Gasteiger partial charge in [0.1, 0.15) is 0 Å². The Balaban J connectivity index is 1.69.